The SMILES string of the molecule is COC(=O)C1(C(=O)OC)C[C@@H](CI)[C@@H](N2C(=O)c3ccccc3C2=O)C1. The van der Waals surface area contributed by atoms with Crippen molar-refractivity contribution >= 4 is 46.3 Å². The van der Waals surface area contributed by atoms with Crippen LogP contribution in [0, 0.1) is 11.3 Å². The van der Waals surface area contributed by atoms with Gasteiger partial charge in [0.25, 0.3) is 11.8 Å². The van der Waals surface area contributed by atoms with Gasteiger partial charge in [-0.25, -0.2) is 0 Å². The van der Waals surface area contributed by atoms with Crippen molar-refractivity contribution in [2.75, 3.05) is 18.6 Å². The molecule has 0 spiro atoms. The third-order valence-electron chi connectivity index (χ3n) is 5.22. The molecule has 1 aliphatic heterocycles. The van der Waals surface area contributed by atoms with Gasteiger partial charge in [0.1, 0.15) is 0 Å². The lowest BCUT2D eigenvalue weighted by atomic mass is 9.85. The monoisotopic (exact) mass is 471 g/mol. The van der Waals surface area contributed by atoms with E-state index in [1.165, 1.54) is 19.1 Å². The summed E-state index contributed by atoms with van der Waals surface area (Å²) in [5.41, 5.74) is -0.809. The number of nitrogens with zero attached hydrogens (tertiary/aromatic N) is 1. The van der Waals surface area contributed by atoms with E-state index in [-0.39, 0.29) is 18.8 Å². The Morgan fingerprint density at radius 3 is 2.00 bits per heavy atom. The summed E-state index contributed by atoms with van der Waals surface area (Å²) in [4.78, 5) is 51.7. The van der Waals surface area contributed by atoms with Crippen molar-refractivity contribution in [2.24, 2.45) is 11.3 Å². The average Bonchev–Trinajstić information content (AvgIpc) is 3.17. The lowest BCUT2D eigenvalue weighted by Crippen LogP contribution is -2.44. The normalized spacial score (nSPS) is 23.7. The topological polar surface area (TPSA) is 90.0 Å². The van der Waals surface area contributed by atoms with Gasteiger partial charge in [0.15, 0.2) is 5.41 Å². The highest BCUT2D eigenvalue weighted by molar-refractivity contribution is 14.1. The molecule has 8 heteroatoms. The van der Waals surface area contributed by atoms with Crippen LogP contribution in [-0.4, -0.2) is 53.3 Å². The van der Waals surface area contributed by atoms with E-state index in [1.807, 2.05) is 0 Å². The molecule has 0 radical (unpaired) electrons. The maximum Gasteiger partial charge on any atom is 0.323 e. The molecule has 1 fully saturated rings. The molecule has 0 aromatic heterocycles. The second-order valence-corrected chi connectivity index (χ2v) is 7.36. The summed E-state index contributed by atoms with van der Waals surface area (Å²) >= 11 is 2.14. The van der Waals surface area contributed by atoms with E-state index in [4.69, 9.17) is 9.47 Å². The van der Waals surface area contributed by atoms with Gasteiger partial charge in [-0.05, 0) is 30.9 Å². The van der Waals surface area contributed by atoms with E-state index in [0.29, 0.717) is 15.6 Å². The molecule has 3 rings (SSSR count). The second kappa shape index (κ2) is 6.98. The van der Waals surface area contributed by atoms with Crippen LogP contribution in [0.5, 0.6) is 0 Å². The molecule has 1 saturated carbocycles. The number of carbonyl (C=O) groups excluding carboxylic acids is 4. The van der Waals surface area contributed by atoms with Crippen LogP contribution >= 0.6 is 22.6 Å². The molecule has 2 amide bonds. The van der Waals surface area contributed by atoms with Crippen LogP contribution in [-0.2, 0) is 19.1 Å². The van der Waals surface area contributed by atoms with E-state index in [9.17, 15) is 19.2 Å². The van der Waals surface area contributed by atoms with E-state index < -0.39 is 35.2 Å². The van der Waals surface area contributed by atoms with Gasteiger partial charge in [0, 0.05) is 10.5 Å². The van der Waals surface area contributed by atoms with Gasteiger partial charge in [-0.3, -0.25) is 24.1 Å². The van der Waals surface area contributed by atoms with Crippen molar-refractivity contribution < 1.29 is 28.7 Å². The molecule has 0 saturated heterocycles. The van der Waals surface area contributed by atoms with Gasteiger partial charge in [-0.2, -0.15) is 0 Å². The Kier molecular flexibility index (Phi) is 5.05. The number of esters is 2. The van der Waals surface area contributed by atoms with Crippen molar-refractivity contribution in [2.45, 2.75) is 18.9 Å². The molecule has 2 atom stereocenters. The van der Waals surface area contributed by atoms with Gasteiger partial charge in [-0.1, -0.05) is 34.7 Å². The Hall–Kier alpha value is -1.97. The first-order valence-electron chi connectivity index (χ1n) is 8.11. The van der Waals surface area contributed by atoms with Gasteiger partial charge in [0.05, 0.1) is 25.3 Å². The van der Waals surface area contributed by atoms with Crippen LogP contribution in [0.4, 0.5) is 0 Å². The van der Waals surface area contributed by atoms with E-state index >= 15 is 0 Å². The van der Waals surface area contributed by atoms with Crippen LogP contribution < -0.4 is 0 Å². The number of amides is 2. The van der Waals surface area contributed by atoms with Gasteiger partial charge in [-0.15, -0.1) is 0 Å². The standard InChI is InChI=1S/C18H18INO6/c1-25-16(23)18(17(24)26-2)7-10(9-19)13(8-18)20-14(21)11-5-3-4-6-12(11)15(20)22/h3-6,10,13H,7-9H2,1-2H3/t10-,13-/m0/s1. The predicted molar refractivity (Wildman–Crippen MR) is 98.8 cm³/mol. The van der Waals surface area contributed by atoms with Gasteiger partial charge >= 0.3 is 11.9 Å². The number of hydrogen-bond acceptors (Lipinski definition) is 6. The molecule has 0 N–H and O–H groups in total. The van der Waals surface area contributed by atoms with Crippen molar-refractivity contribution in [1.82, 2.24) is 4.90 Å². The Morgan fingerprint density at radius 1 is 1.08 bits per heavy atom. The molecule has 26 heavy (non-hydrogen) atoms. The molecule has 7 nitrogen and oxygen atoms in total. The highest BCUT2D eigenvalue weighted by Crippen LogP contribution is 2.48. The largest absolute Gasteiger partial charge is 0.468 e. The Bertz CT molecular complexity index is 741. The van der Waals surface area contributed by atoms with E-state index in [0.717, 1.165) is 0 Å². The molecule has 1 aliphatic carbocycles. The number of benzene rings is 1. The van der Waals surface area contributed by atoms with Crippen molar-refractivity contribution in [3.05, 3.63) is 35.4 Å². The fraction of sp³-hybridized carbons (Fsp3) is 0.444. The third kappa shape index (κ3) is 2.62. The number of rotatable bonds is 4. The first-order valence-corrected chi connectivity index (χ1v) is 9.63. The number of carbonyl (C=O) groups is 4. The Morgan fingerprint density at radius 2 is 1.58 bits per heavy atom. The van der Waals surface area contributed by atoms with Crippen LogP contribution in [0.1, 0.15) is 33.6 Å². The fourth-order valence-electron chi connectivity index (χ4n) is 3.97. The van der Waals surface area contributed by atoms with Gasteiger partial charge in [0.2, 0.25) is 0 Å². The lowest BCUT2D eigenvalue weighted by molar-refractivity contribution is -0.169. The predicted octanol–water partition coefficient (Wildman–Crippen LogP) is 1.83. The highest BCUT2D eigenvalue weighted by Gasteiger charge is 2.60. The molecule has 0 bridgehead atoms. The highest BCUT2D eigenvalue weighted by atomic mass is 127. The molecule has 1 heterocycles. The smallest absolute Gasteiger partial charge is 0.323 e. The van der Waals surface area contributed by atoms with E-state index in [2.05, 4.69) is 22.6 Å². The number of methoxy groups -OCH3 is 2. The summed E-state index contributed by atoms with van der Waals surface area (Å²) in [6, 6.07) is 6.04. The third-order valence-corrected chi connectivity index (χ3v) is 6.35. The fourth-order valence-corrected chi connectivity index (χ4v) is 4.87. The molecule has 2 aliphatic rings. The number of halogens is 1. The quantitative estimate of drug-likeness (QED) is 0.219. The minimum atomic E-state index is -1.50. The summed E-state index contributed by atoms with van der Waals surface area (Å²) in [5, 5.41) is 0. The summed E-state index contributed by atoms with van der Waals surface area (Å²) in [5.74, 6) is -2.39. The zero-order valence-electron chi connectivity index (χ0n) is 14.4. The second-order valence-electron chi connectivity index (χ2n) is 6.48. The minimum absolute atomic E-state index is 0.00544. The zero-order chi connectivity index (χ0) is 19.1. The molecule has 1 aromatic rings. The van der Waals surface area contributed by atoms with Crippen LogP contribution in [0.2, 0.25) is 0 Å². The number of fused-ring (bicyclic) bond motifs is 1. The minimum Gasteiger partial charge on any atom is -0.468 e. The van der Waals surface area contributed by atoms with Crippen molar-refractivity contribution in [3.8, 4) is 0 Å². The van der Waals surface area contributed by atoms with E-state index in [1.54, 1.807) is 24.3 Å². The Balaban J connectivity index is 2.01. The summed E-state index contributed by atoms with van der Waals surface area (Å²) in [7, 11) is 2.42. The number of alkyl halides is 1. The zero-order valence-corrected chi connectivity index (χ0v) is 16.5. The summed E-state index contributed by atoms with van der Waals surface area (Å²) in [6.07, 6.45) is 0.179. The summed E-state index contributed by atoms with van der Waals surface area (Å²) < 4.78 is 10.3. The molecular formula is C18H18INO6. The van der Waals surface area contributed by atoms with Crippen LogP contribution in [0.25, 0.3) is 0 Å². The first-order chi connectivity index (χ1) is 12.4. The Labute approximate surface area is 164 Å². The molecule has 1 aromatic carbocycles. The first kappa shape index (κ1) is 18.8. The van der Waals surface area contributed by atoms with Crippen molar-refractivity contribution in [1.29, 1.82) is 0 Å². The van der Waals surface area contributed by atoms with Crippen LogP contribution in [0.15, 0.2) is 24.3 Å². The average molecular weight is 471 g/mol. The number of imide groups is 1. The van der Waals surface area contributed by atoms with Gasteiger partial charge < -0.3 is 9.47 Å². The van der Waals surface area contributed by atoms with Crippen LogP contribution in [0.3, 0.4) is 0 Å². The molecular weight excluding hydrogens is 453 g/mol. The van der Waals surface area contributed by atoms with Crippen molar-refractivity contribution in [3.63, 3.8) is 0 Å². The summed E-state index contributed by atoms with van der Waals surface area (Å²) in [6.45, 7) is 0. The maximum absolute atomic E-state index is 12.8. The lowest BCUT2D eigenvalue weighted by Gasteiger charge is -2.27. The number of ether oxygens (including phenoxy) is 2. The number of hydrogen-bond donors (Lipinski definition) is 0. The molecule has 0 unspecified atom stereocenters. The maximum atomic E-state index is 12.8. The molecule has 138 valence electrons.